The first-order valence-electron chi connectivity index (χ1n) is 9.86. The van der Waals surface area contributed by atoms with E-state index >= 15 is 0 Å². The average Bonchev–Trinajstić information content (AvgIpc) is 3.18. The van der Waals surface area contributed by atoms with E-state index < -0.39 is 6.04 Å². The maximum Gasteiger partial charge on any atom is 0.255 e. The van der Waals surface area contributed by atoms with Gasteiger partial charge in [0.2, 0.25) is 12.7 Å². The molecule has 1 N–H and O–H groups in total. The van der Waals surface area contributed by atoms with E-state index in [4.69, 9.17) is 9.47 Å². The summed E-state index contributed by atoms with van der Waals surface area (Å²) in [7, 11) is 0. The molecule has 0 fully saturated rings. The van der Waals surface area contributed by atoms with Gasteiger partial charge in [-0.05, 0) is 48.9 Å². The molecule has 0 aliphatic carbocycles. The van der Waals surface area contributed by atoms with Gasteiger partial charge in [-0.2, -0.15) is 0 Å². The van der Waals surface area contributed by atoms with E-state index in [1.54, 1.807) is 30.3 Å². The fourth-order valence-corrected chi connectivity index (χ4v) is 4.01. The number of benzene rings is 3. The molecule has 7 heteroatoms. The number of aryl methyl sites for hydroxylation is 1. The highest BCUT2D eigenvalue weighted by Gasteiger charge is 2.34. The van der Waals surface area contributed by atoms with Crippen molar-refractivity contribution in [3.8, 4) is 11.5 Å². The lowest BCUT2D eigenvalue weighted by atomic mass is 9.94. The Morgan fingerprint density at radius 3 is 2.61 bits per heavy atom. The van der Waals surface area contributed by atoms with Crippen LogP contribution in [0.4, 0.5) is 10.1 Å². The molecule has 5 rings (SSSR count). The molecule has 0 saturated carbocycles. The van der Waals surface area contributed by atoms with Crippen molar-refractivity contribution < 1.29 is 23.5 Å². The van der Waals surface area contributed by atoms with Crippen LogP contribution in [-0.2, 0) is 4.79 Å². The normalized spacial score (nSPS) is 17.0. The Balaban J connectivity index is 1.65. The summed E-state index contributed by atoms with van der Waals surface area (Å²) in [6, 6.07) is 16.0. The highest BCUT2D eigenvalue weighted by atomic mass is 19.1. The van der Waals surface area contributed by atoms with E-state index in [9.17, 15) is 14.0 Å². The quantitative estimate of drug-likeness (QED) is 0.682. The number of nitrogens with zero attached hydrogens (tertiary/aromatic N) is 1. The molecule has 0 radical (unpaired) electrons. The van der Waals surface area contributed by atoms with Crippen LogP contribution in [0.25, 0.3) is 0 Å². The first-order chi connectivity index (χ1) is 15.0. The van der Waals surface area contributed by atoms with Crippen molar-refractivity contribution in [2.75, 3.05) is 18.7 Å². The van der Waals surface area contributed by atoms with Gasteiger partial charge in [0.25, 0.3) is 5.91 Å². The minimum Gasteiger partial charge on any atom is -0.454 e. The highest BCUT2D eigenvalue weighted by molar-refractivity contribution is 6.01. The zero-order chi connectivity index (χ0) is 21.5. The second kappa shape index (κ2) is 7.43. The molecule has 1 unspecified atom stereocenters. The summed E-state index contributed by atoms with van der Waals surface area (Å²) in [5.74, 6) is 0.0477. The fourth-order valence-electron chi connectivity index (χ4n) is 4.01. The van der Waals surface area contributed by atoms with Crippen LogP contribution in [0.2, 0.25) is 0 Å². The Hall–Kier alpha value is -3.87. The van der Waals surface area contributed by atoms with Crippen molar-refractivity contribution in [1.29, 1.82) is 0 Å². The first-order valence-corrected chi connectivity index (χ1v) is 9.86. The molecule has 156 valence electrons. The molecule has 3 aromatic rings. The van der Waals surface area contributed by atoms with Crippen molar-refractivity contribution in [1.82, 2.24) is 4.90 Å². The lowest BCUT2D eigenvalue weighted by molar-refractivity contribution is -0.117. The van der Waals surface area contributed by atoms with Crippen LogP contribution in [0.1, 0.15) is 33.1 Å². The number of anilines is 1. The van der Waals surface area contributed by atoms with E-state index in [1.165, 1.54) is 17.0 Å². The smallest absolute Gasteiger partial charge is 0.255 e. The maximum absolute atomic E-state index is 13.6. The van der Waals surface area contributed by atoms with Crippen LogP contribution in [0.3, 0.4) is 0 Å². The zero-order valence-corrected chi connectivity index (χ0v) is 16.7. The van der Waals surface area contributed by atoms with E-state index in [1.807, 2.05) is 25.1 Å². The molecule has 2 heterocycles. The largest absolute Gasteiger partial charge is 0.454 e. The monoisotopic (exact) mass is 418 g/mol. The summed E-state index contributed by atoms with van der Waals surface area (Å²) in [5, 5.41) is 2.89. The summed E-state index contributed by atoms with van der Waals surface area (Å²) >= 11 is 0. The van der Waals surface area contributed by atoms with Crippen molar-refractivity contribution in [3.63, 3.8) is 0 Å². The molecule has 0 bridgehead atoms. The van der Waals surface area contributed by atoms with Crippen LogP contribution in [0, 0.1) is 12.7 Å². The van der Waals surface area contributed by atoms with Gasteiger partial charge in [0.1, 0.15) is 12.4 Å². The number of halogens is 1. The molecule has 2 aliphatic rings. The third kappa shape index (κ3) is 3.48. The number of carbonyl (C=O) groups is 2. The van der Waals surface area contributed by atoms with E-state index in [0.29, 0.717) is 28.3 Å². The Morgan fingerprint density at radius 2 is 1.81 bits per heavy atom. The standard InChI is InChI=1S/C24H19FN2O4/c1-14-2-8-19-18(10-14)23(15-3-6-17(25)7-4-15)27(12-22(28)26-19)24(29)16-5-9-20-21(11-16)31-13-30-20/h2-11,23H,12-13H2,1H3,(H,26,28). The predicted octanol–water partition coefficient (Wildman–Crippen LogP) is 4.05. The molecular formula is C24H19FN2O4. The fraction of sp³-hybridized carbons (Fsp3) is 0.167. The van der Waals surface area contributed by atoms with Gasteiger partial charge < -0.3 is 19.7 Å². The molecule has 2 aliphatic heterocycles. The van der Waals surface area contributed by atoms with Crippen molar-refractivity contribution >= 4 is 17.5 Å². The molecular weight excluding hydrogens is 399 g/mol. The molecule has 0 aromatic heterocycles. The molecule has 0 saturated heterocycles. The summed E-state index contributed by atoms with van der Waals surface area (Å²) in [6.07, 6.45) is 0. The van der Waals surface area contributed by atoms with Gasteiger partial charge in [-0.15, -0.1) is 0 Å². The topological polar surface area (TPSA) is 67.9 Å². The zero-order valence-electron chi connectivity index (χ0n) is 16.7. The molecule has 1 atom stereocenters. The number of amides is 2. The highest BCUT2D eigenvalue weighted by Crippen LogP contribution is 2.38. The molecule has 3 aromatic carbocycles. The van der Waals surface area contributed by atoms with Crippen LogP contribution in [0.15, 0.2) is 60.7 Å². The summed E-state index contributed by atoms with van der Waals surface area (Å²) < 4.78 is 24.4. The van der Waals surface area contributed by atoms with Crippen LogP contribution in [0.5, 0.6) is 11.5 Å². The van der Waals surface area contributed by atoms with E-state index in [2.05, 4.69) is 5.32 Å². The number of carbonyl (C=O) groups excluding carboxylic acids is 2. The van der Waals surface area contributed by atoms with Crippen molar-refractivity contribution in [3.05, 3.63) is 88.7 Å². The maximum atomic E-state index is 13.6. The lowest BCUT2D eigenvalue weighted by Gasteiger charge is -2.31. The number of fused-ring (bicyclic) bond motifs is 2. The third-order valence-electron chi connectivity index (χ3n) is 5.47. The van der Waals surface area contributed by atoms with Gasteiger partial charge in [-0.1, -0.05) is 29.8 Å². The second-order valence-electron chi connectivity index (χ2n) is 7.59. The van der Waals surface area contributed by atoms with Crippen molar-refractivity contribution in [2.24, 2.45) is 0 Å². The number of hydrogen-bond acceptors (Lipinski definition) is 4. The van der Waals surface area contributed by atoms with Gasteiger partial charge in [0, 0.05) is 16.8 Å². The van der Waals surface area contributed by atoms with E-state index in [-0.39, 0.29) is 31.0 Å². The van der Waals surface area contributed by atoms with Gasteiger partial charge in [0.05, 0.1) is 6.04 Å². The predicted molar refractivity (Wildman–Crippen MR) is 112 cm³/mol. The van der Waals surface area contributed by atoms with Gasteiger partial charge in [-0.3, -0.25) is 9.59 Å². The van der Waals surface area contributed by atoms with E-state index in [0.717, 1.165) is 11.1 Å². The first kappa shape index (κ1) is 19.1. The van der Waals surface area contributed by atoms with Crippen LogP contribution < -0.4 is 14.8 Å². The average molecular weight is 418 g/mol. The van der Waals surface area contributed by atoms with Crippen molar-refractivity contribution in [2.45, 2.75) is 13.0 Å². The molecule has 6 nitrogen and oxygen atoms in total. The number of hydrogen-bond donors (Lipinski definition) is 1. The summed E-state index contributed by atoms with van der Waals surface area (Å²) in [6.45, 7) is 1.89. The second-order valence-corrected chi connectivity index (χ2v) is 7.59. The Bertz CT molecular complexity index is 1190. The van der Waals surface area contributed by atoms with Crippen LogP contribution in [-0.4, -0.2) is 30.1 Å². The molecule has 0 spiro atoms. The third-order valence-corrected chi connectivity index (χ3v) is 5.47. The minimum absolute atomic E-state index is 0.101. The molecule has 2 amide bonds. The lowest BCUT2D eigenvalue weighted by Crippen LogP contribution is -2.39. The SMILES string of the molecule is Cc1ccc2c(c1)C(c1ccc(F)cc1)N(C(=O)c1ccc3c(c1)OCO3)CC(=O)N2. The number of nitrogens with one attached hydrogen (secondary N) is 1. The van der Waals surface area contributed by atoms with Gasteiger partial charge in [-0.25, -0.2) is 4.39 Å². The Labute approximate surface area is 178 Å². The van der Waals surface area contributed by atoms with Gasteiger partial charge in [0.15, 0.2) is 11.5 Å². The molecule has 31 heavy (non-hydrogen) atoms. The Kier molecular flexibility index (Phi) is 4.58. The van der Waals surface area contributed by atoms with Crippen LogP contribution >= 0.6 is 0 Å². The summed E-state index contributed by atoms with van der Waals surface area (Å²) in [4.78, 5) is 27.8. The summed E-state index contributed by atoms with van der Waals surface area (Å²) in [5.41, 5.74) is 3.47. The Morgan fingerprint density at radius 1 is 1.03 bits per heavy atom. The van der Waals surface area contributed by atoms with Gasteiger partial charge >= 0.3 is 0 Å². The number of ether oxygens (including phenoxy) is 2. The number of rotatable bonds is 2. The minimum atomic E-state index is -0.577.